The molecule has 1 aliphatic carbocycles. The van der Waals surface area contributed by atoms with Gasteiger partial charge in [-0.25, -0.2) is 9.97 Å². The van der Waals surface area contributed by atoms with E-state index in [9.17, 15) is 9.59 Å². The number of anilines is 1. The summed E-state index contributed by atoms with van der Waals surface area (Å²) in [7, 11) is 11.2. The van der Waals surface area contributed by atoms with E-state index >= 15 is 0 Å². The monoisotopic (exact) mass is 534 g/mol. The molecule has 0 saturated carbocycles. The molecule has 0 saturated heterocycles. The lowest BCUT2D eigenvalue weighted by Crippen LogP contribution is -2.28. The van der Waals surface area contributed by atoms with E-state index in [-0.39, 0.29) is 22.7 Å². The molecule has 0 bridgehead atoms. The fourth-order valence-electron chi connectivity index (χ4n) is 4.71. The fourth-order valence-corrected chi connectivity index (χ4v) is 4.71. The first-order chi connectivity index (χ1) is 18.6. The van der Waals surface area contributed by atoms with Crippen molar-refractivity contribution >= 4 is 17.3 Å². The molecule has 0 spiro atoms. The van der Waals surface area contributed by atoms with Crippen molar-refractivity contribution in [2.75, 3.05) is 54.5 Å². The zero-order chi connectivity index (χ0) is 28.6. The van der Waals surface area contributed by atoms with Gasteiger partial charge >= 0.3 is 0 Å². The Morgan fingerprint density at radius 2 is 1.41 bits per heavy atom. The molecule has 0 atom stereocenters. The van der Waals surface area contributed by atoms with Crippen LogP contribution in [0, 0.1) is 6.92 Å². The number of Topliss-reactive ketones (excluding diaryl/α,β-unsaturated/α-hetero) is 2. The van der Waals surface area contributed by atoms with Crippen LogP contribution in [0.2, 0.25) is 0 Å². The predicted molar refractivity (Wildman–Crippen MR) is 145 cm³/mol. The summed E-state index contributed by atoms with van der Waals surface area (Å²) < 4.78 is 27.6. The smallest absolute Gasteiger partial charge is 0.232 e. The SMILES string of the molecule is COC1=C(N)C(=O)c2nc(-c3nc(OC)c(C)c(-c4ccc(OC)c(OC)c4OC)c3N(C)C)ccc2C1=O. The van der Waals surface area contributed by atoms with Crippen LogP contribution in [-0.4, -0.2) is 71.2 Å². The van der Waals surface area contributed by atoms with Crippen LogP contribution >= 0.6 is 0 Å². The maximum absolute atomic E-state index is 13.0. The van der Waals surface area contributed by atoms with Crippen LogP contribution in [0.1, 0.15) is 26.4 Å². The summed E-state index contributed by atoms with van der Waals surface area (Å²) in [5.41, 5.74) is 9.23. The van der Waals surface area contributed by atoms with Crippen molar-refractivity contribution in [1.82, 2.24) is 9.97 Å². The summed E-state index contributed by atoms with van der Waals surface area (Å²) in [6.45, 7) is 1.88. The highest BCUT2D eigenvalue weighted by Crippen LogP contribution is 2.50. The van der Waals surface area contributed by atoms with Crippen molar-refractivity contribution in [2.45, 2.75) is 6.92 Å². The maximum Gasteiger partial charge on any atom is 0.232 e. The zero-order valence-corrected chi connectivity index (χ0v) is 23.1. The van der Waals surface area contributed by atoms with Crippen molar-refractivity contribution < 1.29 is 33.3 Å². The second-order valence-electron chi connectivity index (χ2n) is 8.79. The molecular weight excluding hydrogens is 504 g/mol. The quantitative estimate of drug-likeness (QED) is 0.455. The van der Waals surface area contributed by atoms with Crippen molar-refractivity contribution in [3.05, 3.63) is 52.5 Å². The third-order valence-electron chi connectivity index (χ3n) is 6.48. The predicted octanol–water partition coefficient (Wildman–Crippen LogP) is 3.42. The van der Waals surface area contributed by atoms with Gasteiger partial charge in [0.05, 0.1) is 52.5 Å². The Morgan fingerprint density at radius 1 is 0.744 bits per heavy atom. The number of hydrogen-bond donors (Lipinski definition) is 1. The number of pyridine rings is 2. The number of ether oxygens (including phenoxy) is 5. The lowest BCUT2D eigenvalue weighted by atomic mass is 9.93. The van der Waals surface area contributed by atoms with Crippen molar-refractivity contribution in [1.29, 1.82) is 0 Å². The van der Waals surface area contributed by atoms with Crippen LogP contribution in [0.25, 0.3) is 22.5 Å². The van der Waals surface area contributed by atoms with E-state index in [1.807, 2.05) is 32.0 Å². The van der Waals surface area contributed by atoms with Crippen LogP contribution in [0.3, 0.4) is 0 Å². The van der Waals surface area contributed by atoms with Crippen molar-refractivity contribution in [3.8, 4) is 45.6 Å². The fraction of sp³-hybridized carbons (Fsp3) is 0.286. The molecule has 2 aromatic heterocycles. The van der Waals surface area contributed by atoms with E-state index in [0.717, 1.165) is 11.1 Å². The molecule has 1 aliphatic rings. The second kappa shape index (κ2) is 10.5. The number of methoxy groups -OCH3 is 5. The van der Waals surface area contributed by atoms with Crippen LogP contribution in [0.5, 0.6) is 23.1 Å². The van der Waals surface area contributed by atoms with Crippen molar-refractivity contribution in [3.63, 3.8) is 0 Å². The number of hydrogen-bond acceptors (Lipinski definition) is 11. The number of allylic oxidation sites excluding steroid dienone is 2. The number of carbonyl (C=O) groups excluding carboxylic acids is 2. The molecule has 0 aliphatic heterocycles. The van der Waals surface area contributed by atoms with Crippen molar-refractivity contribution in [2.24, 2.45) is 5.73 Å². The Kier molecular flexibility index (Phi) is 7.35. The largest absolute Gasteiger partial charge is 0.493 e. The van der Waals surface area contributed by atoms with Gasteiger partial charge in [0.15, 0.2) is 17.3 Å². The molecule has 11 nitrogen and oxygen atoms in total. The first-order valence-corrected chi connectivity index (χ1v) is 11.8. The number of rotatable bonds is 8. The topological polar surface area (TPSA) is 135 Å². The Morgan fingerprint density at radius 3 is 1.97 bits per heavy atom. The third kappa shape index (κ3) is 4.25. The van der Waals surface area contributed by atoms with Gasteiger partial charge in [0.1, 0.15) is 17.1 Å². The van der Waals surface area contributed by atoms with Crippen LogP contribution in [0.4, 0.5) is 5.69 Å². The van der Waals surface area contributed by atoms with Crippen LogP contribution in [-0.2, 0) is 4.74 Å². The van der Waals surface area contributed by atoms with Crippen LogP contribution < -0.4 is 29.6 Å². The molecular formula is C28H30N4O7. The van der Waals surface area contributed by atoms with E-state index in [0.29, 0.717) is 45.8 Å². The van der Waals surface area contributed by atoms with Gasteiger partial charge in [0, 0.05) is 30.8 Å². The van der Waals surface area contributed by atoms with Gasteiger partial charge in [0.25, 0.3) is 0 Å². The highest BCUT2D eigenvalue weighted by Gasteiger charge is 2.34. The second-order valence-corrected chi connectivity index (χ2v) is 8.79. The highest BCUT2D eigenvalue weighted by atomic mass is 16.5. The molecule has 0 radical (unpaired) electrons. The molecule has 39 heavy (non-hydrogen) atoms. The lowest BCUT2D eigenvalue weighted by molar-refractivity contribution is 0.0902. The third-order valence-corrected chi connectivity index (χ3v) is 6.48. The number of fused-ring (bicyclic) bond motifs is 1. The molecule has 0 amide bonds. The normalized spacial score (nSPS) is 12.7. The zero-order valence-electron chi connectivity index (χ0n) is 23.1. The average molecular weight is 535 g/mol. The molecule has 204 valence electrons. The number of ketones is 2. The Balaban J connectivity index is 2.07. The Labute approximate surface area is 226 Å². The summed E-state index contributed by atoms with van der Waals surface area (Å²) >= 11 is 0. The molecule has 0 fully saturated rings. The molecule has 4 rings (SSSR count). The summed E-state index contributed by atoms with van der Waals surface area (Å²) in [4.78, 5) is 37.1. The average Bonchev–Trinajstić information content (AvgIpc) is 2.94. The molecule has 3 aromatic rings. The van der Waals surface area contributed by atoms with E-state index in [4.69, 9.17) is 34.4 Å². The number of nitrogens with two attached hydrogens (primary N) is 1. The van der Waals surface area contributed by atoms with E-state index in [1.54, 1.807) is 26.4 Å². The standard InChI is InChI=1S/C28H30N4O7/c1-13-18(14-10-12-17(35-4)26(37-6)25(14)36-5)22(32(2)3)21(31-28(13)39-8)16-11-9-15-20(30-16)24(34)19(29)27(38-7)23(15)33/h9-12H,29H2,1-8H3. The lowest BCUT2D eigenvalue weighted by Gasteiger charge is -2.26. The molecule has 0 unspecified atom stereocenters. The van der Waals surface area contributed by atoms with E-state index < -0.39 is 11.6 Å². The van der Waals surface area contributed by atoms with Gasteiger partial charge in [-0.2, -0.15) is 0 Å². The van der Waals surface area contributed by atoms with Gasteiger partial charge < -0.3 is 34.3 Å². The van der Waals surface area contributed by atoms with Gasteiger partial charge in [-0.1, -0.05) is 0 Å². The van der Waals surface area contributed by atoms with E-state index in [2.05, 4.69) is 4.98 Å². The van der Waals surface area contributed by atoms with Crippen LogP contribution in [0.15, 0.2) is 35.7 Å². The maximum atomic E-state index is 13.0. The number of nitrogens with zero attached hydrogens (tertiary/aromatic N) is 3. The van der Waals surface area contributed by atoms with Gasteiger partial charge in [-0.05, 0) is 31.2 Å². The van der Waals surface area contributed by atoms with E-state index in [1.165, 1.54) is 27.4 Å². The first-order valence-electron chi connectivity index (χ1n) is 11.8. The summed E-state index contributed by atoms with van der Waals surface area (Å²) in [5.74, 6) is 0.401. The highest BCUT2D eigenvalue weighted by molar-refractivity contribution is 6.25. The Hall–Kier alpha value is -4.80. The molecule has 2 N–H and O–H groups in total. The summed E-state index contributed by atoms with van der Waals surface area (Å²) in [6.07, 6.45) is 0. The minimum atomic E-state index is -0.601. The van der Waals surface area contributed by atoms with Gasteiger partial charge in [-0.15, -0.1) is 0 Å². The minimum Gasteiger partial charge on any atom is -0.493 e. The summed E-state index contributed by atoms with van der Waals surface area (Å²) in [5, 5.41) is 0. The first kappa shape index (κ1) is 27.2. The minimum absolute atomic E-state index is 0.0768. The molecule has 2 heterocycles. The molecule has 11 heteroatoms. The number of benzene rings is 1. The number of carbonyl (C=O) groups is 2. The number of aromatic nitrogens is 2. The van der Waals surface area contributed by atoms with Gasteiger partial charge in [-0.3, -0.25) is 9.59 Å². The van der Waals surface area contributed by atoms with Gasteiger partial charge in [0.2, 0.25) is 23.2 Å². The summed E-state index contributed by atoms with van der Waals surface area (Å²) in [6, 6.07) is 6.79. The molecule has 1 aromatic carbocycles. The Bertz CT molecular complexity index is 1530.